The van der Waals surface area contributed by atoms with Crippen LogP contribution in [0.5, 0.6) is 0 Å². The third-order valence-corrected chi connectivity index (χ3v) is 19.4. The average molecular weight is 1060 g/mol. The zero-order valence-corrected chi connectivity index (χ0v) is 50.3. The monoisotopic (exact) mass is 1060 g/mol. The van der Waals surface area contributed by atoms with Crippen LogP contribution in [-0.2, 0) is 32.5 Å². The van der Waals surface area contributed by atoms with Gasteiger partial charge >= 0.3 is 0 Å². The molecular weight excluding hydrogens is 982 g/mol. The second kappa shape index (κ2) is 17.1. The summed E-state index contributed by atoms with van der Waals surface area (Å²) in [6.07, 6.45) is 1.08. The Morgan fingerprint density at radius 3 is 1.59 bits per heavy atom. The van der Waals surface area contributed by atoms with Gasteiger partial charge in [0.15, 0.2) is 5.58 Å². The molecule has 0 N–H and O–H groups in total. The topological polar surface area (TPSA) is 22.9 Å². The molecule has 0 unspecified atom stereocenters. The van der Waals surface area contributed by atoms with Gasteiger partial charge < -0.3 is 19.1 Å². The number of nitrogens with zero attached hydrogens (tertiary/aromatic N) is 3. The fraction of sp³-hybridized carbons (Fsp3) is 0.289. The van der Waals surface area contributed by atoms with E-state index in [1.54, 1.807) is 0 Å². The van der Waals surface area contributed by atoms with Gasteiger partial charge in [-0.3, -0.25) is 0 Å². The van der Waals surface area contributed by atoms with Crippen molar-refractivity contribution in [2.45, 2.75) is 143 Å². The van der Waals surface area contributed by atoms with E-state index in [1.807, 2.05) is 0 Å². The third kappa shape index (κ3) is 7.62. The molecule has 4 nitrogen and oxygen atoms in total. The normalized spacial score (nSPS) is 16.9. The molecule has 0 saturated heterocycles. The number of fused-ring (bicyclic) bond motifs is 10. The van der Waals surface area contributed by atoms with Crippen LogP contribution in [0.25, 0.3) is 21.9 Å². The molecule has 0 spiro atoms. The predicted molar refractivity (Wildman–Crippen MR) is 346 cm³/mol. The van der Waals surface area contributed by atoms with Crippen LogP contribution < -0.4 is 31.1 Å². The lowest BCUT2D eigenvalue weighted by Crippen LogP contribution is -2.61. The zero-order valence-electron chi connectivity index (χ0n) is 50.3. The van der Waals surface area contributed by atoms with Crippen molar-refractivity contribution in [3.05, 3.63) is 226 Å². The van der Waals surface area contributed by atoms with Crippen LogP contribution in [0.3, 0.4) is 0 Å². The molecular formula is C76H76BN3O. The quantitative estimate of drug-likeness (QED) is 0.160. The van der Waals surface area contributed by atoms with Crippen molar-refractivity contribution < 1.29 is 4.42 Å². The van der Waals surface area contributed by atoms with Gasteiger partial charge in [-0.25, -0.2) is 0 Å². The van der Waals surface area contributed by atoms with E-state index in [9.17, 15) is 0 Å². The maximum atomic E-state index is 7.03. The van der Waals surface area contributed by atoms with Crippen LogP contribution >= 0.6 is 0 Å². The summed E-state index contributed by atoms with van der Waals surface area (Å²) < 4.78 is 7.03. The lowest BCUT2D eigenvalue weighted by atomic mass is 9.33. The van der Waals surface area contributed by atoms with Gasteiger partial charge in [-0.15, -0.1) is 0 Å². The van der Waals surface area contributed by atoms with Gasteiger partial charge in [0.25, 0.3) is 6.71 Å². The second-order valence-electron chi connectivity index (χ2n) is 28.7. The smallest absolute Gasteiger partial charge is 0.252 e. The number of hydrogen-bond acceptors (Lipinski definition) is 4. The summed E-state index contributed by atoms with van der Waals surface area (Å²) in [6, 6.07) is 67.9. The minimum atomic E-state index is -0.224. The number of furan rings is 1. The Morgan fingerprint density at radius 2 is 0.963 bits per heavy atom. The fourth-order valence-electron chi connectivity index (χ4n) is 15.4. The van der Waals surface area contributed by atoms with Crippen LogP contribution in [-0.4, -0.2) is 6.71 Å². The molecule has 0 atom stereocenters. The first kappa shape index (κ1) is 51.4. The van der Waals surface area contributed by atoms with Crippen LogP contribution in [0.1, 0.15) is 153 Å². The Labute approximate surface area is 481 Å². The Bertz CT molecular complexity index is 4190. The highest BCUT2D eigenvalue weighted by molar-refractivity contribution is 7.00. The zero-order chi connectivity index (χ0) is 56.7. The minimum absolute atomic E-state index is 0.0165. The summed E-state index contributed by atoms with van der Waals surface area (Å²) in [4.78, 5) is 7.69. The molecule has 2 aliphatic heterocycles. The van der Waals surface area contributed by atoms with Crippen LogP contribution in [0, 0.1) is 6.92 Å². The number of hydrogen-bond donors (Lipinski definition) is 0. The standard InChI is InChI=1S/C76H76BN3O/c1-46-39-66-69-67(40-46)80(64-25-20-22-54-53-21-16-19-26-68(53)81-70(54)64)63-38-36-52(78(49-31-27-47(28-32-49)71(2,3)4)50-33-29-48(30-34-50)72(5,6)7)42-61(63)77(69)62-43-58-59(74(10,11)45-73(58,8)9)44-65(62)79(66)51-35-37-57-60(41-51)76(14,15)56-24-18-17-23-55(56)75(57,12)13/h16-44H,45H2,1-15H3. The number of aryl methyl sites for hydroxylation is 1. The summed E-state index contributed by atoms with van der Waals surface area (Å²) in [6.45, 7) is 35.5. The van der Waals surface area contributed by atoms with Crippen molar-refractivity contribution in [3.8, 4) is 0 Å². The van der Waals surface area contributed by atoms with E-state index >= 15 is 0 Å². The molecule has 81 heavy (non-hydrogen) atoms. The Morgan fingerprint density at radius 1 is 0.432 bits per heavy atom. The highest BCUT2D eigenvalue weighted by Gasteiger charge is 2.49. The molecule has 10 aromatic rings. The molecule has 4 aliphatic rings. The van der Waals surface area contributed by atoms with Crippen molar-refractivity contribution in [3.63, 3.8) is 0 Å². The first-order valence-electron chi connectivity index (χ1n) is 29.6. The highest BCUT2D eigenvalue weighted by Crippen LogP contribution is 2.56. The Hall–Kier alpha value is -7.76. The summed E-state index contributed by atoms with van der Waals surface area (Å²) in [5.74, 6) is 0. The van der Waals surface area contributed by atoms with Gasteiger partial charge in [-0.1, -0.05) is 188 Å². The molecule has 5 heteroatoms. The molecule has 0 bridgehead atoms. The largest absolute Gasteiger partial charge is 0.454 e. The van der Waals surface area contributed by atoms with Gasteiger partial charge in [-0.2, -0.15) is 0 Å². The predicted octanol–water partition coefficient (Wildman–Crippen LogP) is 19.0. The van der Waals surface area contributed by atoms with E-state index in [4.69, 9.17) is 4.42 Å². The van der Waals surface area contributed by atoms with Crippen molar-refractivity contribution in [2.24, 2.45) is 0 Å². The van der Waals surface area contributed by atoms with E-state index in [1.165, 1.54) is 89.2 Å². The minimum Gasteiger partial charge on any atom is -0.454 e. The van der Waals surface area contributed by atoms with Gasteiger partial charge in [-0.05, 0) is 186 Å². The van der Waals surface area contributed by atoms with Gasteiger partial charge in [0.2, 0.25) is 0 Å². The van der Waals surface area contributed by atoms with E-state index < -0.39 is 0 Å². The molecule has 404 valence electrons. The van der Waals surface area contributed by atoms with Crippen LogP contribution in [0.2, 0.25) is 0 Å². The van der Waals surface area contributed by atoms with Crippen molar-refractivity contribution >= 4 is 96.2 Å². The van der Waals surface area contributed by atoms with E-state index in [0.717, 1.165) is 56.8 Å². The second-order valence-corrected chi connectivity index (χ2v) is 28.7. The van der Waals surface area contributed by atoms with Crippen LogP contribution in [0.15, 0.2) is 180 Å². The summed E-state index contributed by atoms with van der Waals surface area (Å²) in [7, 11) is 0. The SMILES string of the molecule is Cc1cc2c3c(c1)N(c1cccc4c1oc1ccccc14)c1ccc(N(c4ccc(C(C)(C)C)cc4)c4ccc(C(C)(C)C)cc4)cc1B3c1cc3c(cc1N2c1ccc2c(c1)C(C)(C)c1ccccc1C2(C)C)C(C)(C)CC3(C)C. The highest BCUT2D eigenvalue weighted by atomic mass is 16.3. The van der Waals surface area contributed by atoms with Crippen molar-refractivity contribution in [1.82, 2.24) is 0 Å². The number of benzene rings is 9. The molecule has 14 rings (SSSR count). The molecule has 3 heterocycles. The third-order valence-electron chi connectivity index (χ3n) is 19.4. The van der Waals surface area contributed by atoms with Crippen LogP contribution in [0.4, 0.5) is 51.2 Å². The summed E-state index contributed by atoms with van der Waals surface area (Å²) in [5, 5.41) is 2.24. The molecule has 0 saturated carbocycles. The molecule has 0 radical (unpaired) electrons. The Balaban J connectivity index is 1.07. The first-order chi connectivity index (χ1) is 38.3. The molecule has 0 fully saturated rings. The van der Waals surface area contributed by atoms with E-state index in [0.29, 0.717) is 0 Å². The lowest BCUT2D eigenvalue weighted by molar-refractivity contribution is 0.403. The van der Waals surface area contributed by atoms with Gasteiger partial charge in [0, 0.05) is 67.1 Å². The number of anilines is 9. The molecule has 0 amide bonds. The Kier molecular flexibility index (Phi) is 10.9. The summed E-state index contributed by atoms with van der Waals surface area (Å²) >= 11 is 0. The van der Waals surface area contributed by atoms with E-state index in [-0.39, 0.29) is 39.2 Å². The maximum absolute atomic E-state index is 7.03. The van der Waals surface area contributed by atoms with E-state index in [2.05, 4.69) is 294 Å². The summed E-state index contributed by atoms with van der Waals surface area (Å²) in [5.41, 5.74) is 28.0. The lowest BCUT2D eigenvalue weighted by Gasteiger charge is -2.46. The van der Waals surface area contributed by atoms with Crippen molar-refractivity contribution in [2.75, 3.05) is 14.7 Å². The average Bonchev–Trinajstić information content (AvgIpc) is 2.23. The fourth-order valence-corrected chi connectivity index (χ4v) is 15.4. The van der Waals surface area contributed by atoms with Gasteiger partial charge in [0.1, 0.15) is 5.58 Å². The molecule has 9 aromatic carbocycles. The number of rotatable bonds is 5. The maximum Gasteiger partial charge on any atom is 0.252 e. The van der Waals surface area contributed by atoms with Crippen molar-refractivity contribution in [1.29, 1.82) is 0 Å². The molecule has 2 aliphatic carbocycles. The number of para-hydroxylation sites is 2. The first-order valence-corrected chi connectivity index (χ1v) is 29.6. The molecule has 1 aromatic heterocycles. The van der Waals surface area contributed by atoms with Gasteiger partial charge in [0.05, 0.1) is 5.69 Å².